The summed E-state index contributed by atoms with van der Waals surface area (Å²) < 4.78 is 4.80. The third-order valence-corrected chi connectivity index (χ3v) is 6.45. The Morgan fingerprint density at radius 3 is 2.53 bits per heavy atom. The number of nitrogens with one attached hydrogen (secondary N) is 2. The predicted molar refractivity (Wildman–Crippen MR) is 123 cm³/mol. The number of nitriles is 1. The van der Waals surface area contributed by atoms with E-state index in [0.717, 1.165) is 11.8 Å². The van der Waals surface area contributed by atoms with Crippen molar-refractivity contribution in [1.82, 2.24) is 5.32 Å². The van der Waals surface area contributed by atoms with Gasteiger partial charge in [-0.25, -0.2) is 0 Å². The number of thioether (sulfide) groups is 1. The summed E-state index contributed by atoms with van der Waals surface area (Å²) in [6, 6.07) is 15.5. The Labute approximate surface area is 198 Å². The fraction of sp³-hybridized carbons (Fsp3) is 0.182. The number of hydrogen-bond acceptors (Lipinski definition) is 6. The molecule has 1 heterocycles. The van der Waals surface area contributed by atoms with Crippen LogP contribution in [0.15, 0.2) is 59.1 Å². The Hall–Kier alpha value is -2.99. The zero-order chi connectivity index (χ0) is 23.3. The van der Waals surface area contributed by atoms with E-state index in [1.165, 1.54) is 13.2 Å². The zero-order valence-electron chi connectivity index (χ0n) is 16.7. The normalized spacial score (nSPS) is 17.9. The summed E-state index contributed by atoms with van der Waals surface area (Å²) in [4.78, 5) is 37.5. The maximum Gasteiger partial charge on any atom is 0.319 e. The van der Waals surface area contributed by atoms with E-state index < -0.39 is 23.7 Å². The standard InChI is InChI=1S/C22H17Cl2N3O4S/c1-31-22(30)19-18(12-5-3-2-4-6-12)14(10-25)21(27-20(19)29)32-11-17(28)26-13-7-8-15(23)16(24)9-13/h2-9,18-19H,11H2,1H3,(H,26,28)(H,27,29)/t18-,19-/m0/s1. The van der Waals surface area contributed by atoms with Crippen molar-refractivity contribution < 1.29 is 19.1 Å². The minimum atomic E-state index is -1.22. The smallest absolute Gasteiger partial charge is 0.319 e. The molecule has 0 bridgehead atoms. The van der Waals surface area contributed by atoms with E-state index in [1.54, 1.807) is 42.5 Å². The molecule has 0 aromatic heterocycles. The highest BCUT2D eigenvalue weighted by Crippen LogP contribution is 2.40. The lowest BCUT2D eigenvalue weighted by Gasteiger charge is -2.30. The van der Waals surface area contributed by atoms with Crippen molar-refractivity contribution in [2.75, 3.05) is 18.2 Å². The van der Waals surface area contributed by atoms with Crippen molar-refractivity contribution in [1.29, 1.82) is 5.26 Å². The Bertz CT molecular complexity index is 1130. The molecule has 2 aromatic carbocycles. The monoisotopic (exact) mass is 489 g/mol. The van der Waals surface area contributed by atoms with E-state index in [0.29, 0.717) is 21.3 Å². The summed E-state index contributed by atoms with van der Waals surface area (Å²) in [6.45, 7) is 0. The molecule has 0 radical (unpaired) electrons. The van der Waals surface area contributed by atoms with Crippen molar-refractivity contribution in [3.63, 3.8) is 0 Å². The van der Waals surface area contributed by atoms with Gasteiger partial charge in [-0.05, 0) is 23.8 Å². The van der Waals surface area contributed by atoms with Crippen LogP contribution in [0.1, 0.15) is 11.5 Å². The number of methoxy groups -OCH3 is 1. The van der Waals surface area contributed by atoms with Crippen LogP contribution in [0.25, 0.3) is 0 Å². The molecule has 0 spiro atoms. The van der Waals surface area contributed by atoms with Gasteiger partial charge in [0.15, 0.2) is 0 Å². The molecule has 1 aliphatic heterocycles. The van der Waals surface area contributed by atoms with Gasteiger partial charge >= 0.3 is 5.97 Å². The second-order valence-corrected chi connectivity index (χ2v) is 8.50. The van der Waals surface area contributed by atoms with Crippen LogP contribution in [-0.2, 0) is 19.1 Å². The second kappa shape index (κ2) is 10.6. The Morgan fingerprint density at radius 2 is 1.91 bits per heavy atom. The first-order valence-corrected chi connectivity index (χ1v) is 11.1. The zero-order valence-corrected chi connectivity index (χ0v) is 19.1. The molecule has 0 unspecified atom stereocenters. The highest BCUT2D eigenvalue weighted by Gasteiger charge is 2.44. The van der Waals surface area contributed by atoms with E-state index in [1.807, 2.05) is 0 Å². The highest BCUT2D eigenvalue weighted by atomic mass is 35.5. The number of benzene rings is 2. The largest absolute Gasteiger partial charge is 0.468 e. The number of carbonyl (C=O) groups is 3. The van der Waals surface area contributed by atoms with Crippen molar-refractivity contribution >= 4 is 58.4 Å². The van der Waals surface area contributed by atoms with E-state index in [-0.39, 0.29) is 22.3 Å². The van der Waals surface area contributed by atoms with Crippen LogP contribution in [0.5, 0.6) is 0 Å². The molecular formula is C22H17Cl2N3O4S. The quantitative estimate of drug-likeness (QED) is 0.466. The number of allylic oxidation sites excluding steroid dienone is 1. The number of nitrogens with zero attached hydrogens (tertiary/aromatic N) is 1. The lowest BCUT2D eigenvalue weighted by molar-refractivity contribution is -0.150. The van der Waals surface area contributed by atoms with Crippen LogP contribution in [-0.4, -0.2) is 30.6 Å². The first-order chi connectivity index (χ1) is 15.3. The van der Waals surface area contributed by atoms with Gasteiger partial charge in [0.05, 0.1) is 39.6 Å². The van der Waals surface area contributed by atoms with E-state index in [4.69, 9.17) is 27.9 Å². The summed E-state index contributed by atoms with van der Waals surface area (Å²) in [7, 11) is 1.19. The number of ether oxygens (including phenoxy) is 1. The minimum absolute atomic E-state index is 0.0918. The topological polar surface area (TPSA) is 108 Å². The predicted octanol–water partition coefficient (Wildman–Crippen LogP) is 4.10. The van der Waals surface area contributed by atoms with Gasteiger partial charge in [0, 0.05) is 11.6 Å². The molecule has 0 saturated heterocycles. The third kappa shape index (κ3) is 5.25. The lowest BCUT2D eigenvalue weighted by atomic mass is 9.78. The van der Waals surface area contributed by atoms with E-state index in [2.05, 4.69) is 16.7 Å². The summed E-state index contributed by atoms with van der Waals surface area (Å²) in [5, 5.41) is 16.0. The van der Waals surface area contributed by atoms with Crippen molar-refractivity contribution in [3.8, 4) is 6.07 Å². The molecule has 1 aliphatic rings. The summed E-state index contributed by atoms with van der Waals surface area (Å²) in [5.41, 5.74) is 1.26. The van der Waals surface area contributed by atoms with E-state index in [9.17, 15) is 19.6 Å². The first-order valence-electron chi connectivity index (χ1n) is 9.31. The number of carbonyl (C=O) groups excluding carboxylic acids is 3. The maximum absolute atomic E-state index is 12.8. The average Bonchev–Trinajstić information content (AvgIpc) is 2.79. The Morgan fingerprint density at radius 1 is 1.19 bits per heavy atom. The molecule has 2 N–H and O–H groups in total. The number of amides is 2. The molecule has 164 valence electrons. The minimum Gasteiger partial charge on any atom is -0.468 e. The number of rotatable bonds is 6. The molecule has 0 saturated carbocycles. The molecule has 3 rings (SSSR count). The van der Waals surface area contributed by atoms with E-state index >= 15 is 0 Å². The first kappa shape index (κ1) is 23.7. The summed E-state index contributed by atoms with van der Waals surface area (Å²) >= 11 is 12.8. The number of esters is 1. The molecule has 32 heavy (non-hydrogen) atoms. The highest BCUT2D eigenvalue weighted by molar-refractivity contribution is 8.03. The van der Waals surface area contributed by atoms with Crippen LogP contribution in [0.4, 0.5) is 5.69 Å². The number of anilines is 1. The molecular weight excluding hydrogens is 473 g/mol. The summed E-state index contributed by atoms with van der Waals surface area (Å²) in [6.07, 6.45) is 0. The fourth-order valence-corrected chi connectivity index (χ4v) is 4.40. The van der Waals surface area contributed by atoms with Crippen LogP contribution in [0.3, 0.4) is 0 Å². The SMILES string of the molecule is COC(=O)[C@@H]1C(=O)NC(SCC(=O)Nc2ccc(Cl)c(Cl)c2)=C(C#N)[C@@H]1c1ccccc1. The lowest BCUT2D eigenvalue weighted by Crippen LogP contribution is -2.44. The third-order valence-electron chi connectivity index (χ3n) is 4.69. The molecule has 2 aromatic rings. The van der Waals surface area contributed by atoms with Gasteiger partial charge < -0.3 is 15.4 Å². The average molecular weight is 490 g/mol. The molecule has 2 amide bonds. The molecule has 10 heteroatoms. The van der Waals surface area contributed by atoms with Gasteiger partial charge in [-0.15, -0.1) is 0 Å². The van der Waals surface area contributed by atoms with Gasteiger partial charge in [0.2, 0.25) is 11.8 Å². The van der Waals surface area contributed by atoms with Crippen LogP contribution < -0.4 is 10.6 Å². The fourth-order valence-electron chi connectivity index (χ4n) is 3.25. The molecule has 2 atom stereocenters. The van der Waals surface area contributed by atoms with Gasteiger partial charge in [-0.2, -0.15) is 5.26 Å². The Balaban J connectivity index is 1.85. The maximum atomic E-state index is 12.8. The van der Waals surface area contributed by atoms with Crippen LogP contribution in [0, 0.1) is 17.2 Å². The molecule has 0 aliphatic carbocycles. The molecule has 7 nitrogen and oxygen atoms in total. The number of halogens is 2. The van der Waals surface area contributed by atoms with Crippen molar-refractivity contribution in [2.24, 2.45) is 5.92 Å². The molecule has 0 fully saturated rings. The van der Waals surface area contributed by atoms with Crippen molar-refractivity contribution in [2.45, 2.75) is 5.92 Å². The Kier molecular flexibility index (Phi) is 7.80. The van der Waals surface area contributed by atoms with Gasteiger partial charge in [0.1, 0.15) is 5.92 Å². The summed E-state index contributed by atoms with van der Waals surface area (Å²) in [5.74, 6) is -3.86. The van der Waals surface area contributed by atoms with Gasteiger partial charge in [-0.1, -0.05) is 65.3 Å². The van der Waals surface area contributed by atoms with Crippen LogP contribution in [0.2, 0.25) is 10.0 Å². The van der Waals surface area contributed by atoms with Crippen molar-refractivity contribution in [3.05, 3.63) is 74.7 Å². The van der Waals surface area contributed by atoms with Gasteiger partial charge in [-0.3, -0.25) is 14.4 Å². The number of hydrogen-bond donors (Lipinski definition) is 2. The second-order valence-electron chi connectivity index (χ2n) is 6.70. The van der Waals surface area contributed by atoms with Crippen LogP contribution >= 0.6 is 35.0 Å². The van der Waals surface area contributed by atoms with Gasteiger partial charge in [0.25, 0.3) is 0 Å².